The van der Waals surface area contributed by atoms with E-state index in [1.807, 2.05) is 0 Å². The third-order valence-electron chi connectivity index (χ3n) is 1.89. The molecule has 1 rings (SSSR count). The lowest BCUT2D eigenvalue weighted by Gasteiger charge is -2.13. The van der Waals surface area contributed by atoms with Gasteiger partial charge in [0, 0.05) is 18.2 Å². The highest BCUT2D eigenvalue weighted by Gasteiger charge is 2.17. The van der Waals surface area contributed by atoms with Crippen LogP contribution >= 0.6 is 11.6 Å². The molecule has 0 bridgehead atoms. The topological polar surface area (TPSA) is 46.2 Å². The molecule has 0 aromatic heterocycles. The van der Waals surface area contributed by atoms with Crippen molar-refractivity contribution in [2.24, 2.45) is 5.73 Å². The highest BCUT2D eigenvalue weighted by atomic mass is 35.5. The van der Waals surface area contributed by atoms with Crippen molar-refractivity contribution in [3.05, 3.63) is 34.4 Å². The molecule has 0 spiro atoms. The molecule has 0 saturated heterocycles. The van der Waals surface area contributed by atoms with Gasteiger partial charge in [-0.2, -0.15) is 0 Å². The van der Waals surface area contributed by atoms with Crippen LogP contribution in [-0.4, -0.2) is 11.7 Å². The molecule has 1 aromatic carbocycles. The predicted octanol–water partition coefficient (Wildman–Crippen LogP) is 2.00. The summed E-state index contributed by atoms with van der Waals surface area (Å²) in [6.45, 7) is -0.201. The van der Waals surface area contributed by atoms with E-state index in [0.717, 1.165) is 12.1 Å². The molecule has 1 atom stereocenters. The van der Waals surface area contributed by atoms with Crippen LogP contribution in [0.2, 0.25) is 5.02 Å². The molecule has 0 fully saturated rings. The van der Waals surface area contributed by atoms with Gasteiger partial charge in [0.15, 0.2) is 0 Å². The van der Waals surface area contributed by atoms with Gasteiger partial charge in [0.2, 0.25) is 0 Å². The smallest absolute Gasteiger partial charge is 0.142 e. The first-order valence-electron chi connectivity index (χ1n) is 4.07. The van der Waals surface area contributed by atoms with Crippen molar-refractivity contribution in [3.8, 4) is 0 Å². The van der Waals surface area contributed by atoms with Crippen molar-refractivity contribution < 1.29 is 13.9 Å². The Morgan fingerprint density at radius 1 is 1.36 bits per heavy atom. The second-order valence-corrected chi connectivity index (χ2v) is 3.25. The van der Waals surface area contributed by atoms with E-state index in [4.69, 9.17) is 22.4 Å². The molecular formula is C9H10ClF2NO. The Labute approximate surface area is 85.3 Å². The number of halogens is 3. The van der Waals surface area contributed by atoms with Crippen molar-refractivity contribution in [1.29, 1.82) is 0 Å². The Balaban J connectivity index is 3.11. The van der Waals surface area contributed by atoms with Crippen LogP contribution in [-0.2, 0) is 0 Å². The molecule has 0 radical (unpaired) electrons. The van der Waals surface area contributed by atoms with Crippen LogP contribution in [0.15, 0.2) is 12.1 Å². The van der Waals surface area contributed by atoms with Crippen LogP contribution < -0.4 is 5.73 Å². The van der Waals surface area contributed by atoms with Gasteiger partial charge in [0.05, 0.1) is 5.02 Å². The van der Waals surface area contributed by atoms with Gasteiger partial charge in [-0.25, -0.2) is 8.78 Å². The number of hydrogen-bond acceptors (Lipinski definition) is 2. The van der Waals surface area contributed by atoms with Crippen molar-refractivity contribution in [3.63, 3.8) is 0 Å². The van der Waals surface area contributed by atoms with E-state index in [1.54, 1.807) is 0 Å². The Morgan fingerprint density at radius 3 is 2.50 bits per heavy atom. The number of aliphatic hydroxyl groups excluding tert-OH is 1. The number of hydrogen-bond donors (Lipinski definition) is 2. The van der Waals surface area contributed by atoms with Gasteiger partial charge in [0.1, 0.15) is 11.6 Å². The van der Waals surface area contributed by atoms with Gasteiger partial charge in [-0.05, 0) is 18.6 Å². The summed E-state index contributed by atoms with van der Waals surface area (Å²) < 4.78 is 26.1. The molecule has 0 unspecified atom stereocenters. The van der Waals surface area contributed by atoms with Gasteiger partial charge in [0.25, 0.3) is 0 Å². The summed E-state index contributed by atoms with van der Waals surface area (Å²) in [6.07, 6.45) is 0.139. The van der Waals surface area contributed by atoms with Crippen molar-refractivity contribution in [2.75, 3.05) is 6.61 Å². The molecule has 14 heavy (non-hydrogen) atoms. The number of aliphatic hydroxyl groups is 1. The maximum Gasteiger partial charge on any atom is 0.142 e. The highest BCUT2D eigenvalue weighted by molar-refractivity contribution is 6.31. The fourth-order valence-corrected chi connectivity index (χ4v) is 1.46. The van der Waals surface area contributed by atoms with Crippen molar-refractivity contribution >= 4 is 11.6 Å². The SMILES string of the molecule is N[C@H](CCO)c1c(F)ccc(F)c1Cl. The average Bonchev–Trinajstić information content (AvgIpc) is 2.13. The third-order valence-corrected chi connectivity index (χ3v) is 2.27. The molecule has 78 valence electrons. The molecule has 0 saturated carbocycles. The van der Waals surface area contributed by atoms with Gasteiger partial charge in [-0.3, -0.25) is 0 Å². The summed E-state index contributed by atoms with van der Waals surface area (Å²) >= 11 is 5.55. The quantitative estimate of drug-likeness (QED) is 0.767. The summed E-state index contributed by atoms with van der Waals surface area (Å²) in [5, 5.41) is 8.30. The number of nitrogens with two attached hydrogens (primary N) is 1. The largest absolute Gasteiger partial charge is 0.396 e. The monoisotopic (exact) mass is 221 g/mol. The zero-order valence-corrected chi connectivity index (χ0v) is 8.06. The summed E-state index contributed by atoms with van der Waals surface area (Å²) in [7, 11) is 0. The van der Waals surface area contributed by atoms with E-state index in [-0.39, 0.29) is 23.6 Å². The molecule has 3 N–H and O–H groups in total. The molecule has 0 amide bonds. The van der Waals surface area contributed by atoms with E-state index in [0.29, 0.717) is 0 Å². The lowest BCUT2D eigenvalue weighted by atomic mass is 10.0. The maximum absolute atomic E-state index is 13.2. The minimum atomic E-state index is -0.789. The normalized spacial score (nSPS) is 12.9. The minimum absolute atomic E-state index is 0.0827. The van der Waals surface area contributed by atoms with Crippen LogP contribution in [0, 0.1) is 11.6 Å². The zero-order chi connectivity index (χ0) is 10.7. The molecule has 1 aromatic rings. The average molecular weight is 222 g/mol. The molecule has 5 heteroatoms. The maximum atomic E-state index is 13.2. The molecule has 0 aliphatic heterocycles. The van der Waals surface area contributed by atoms with Gasteiger partial charge < -0.3 is 10.8 Å². The standard InChI is InChI=1S/C9H10ClF2NO/c10-9-6(12)2-1-5(11)8(9)7(13)3-4-14/h1-2,7,14H,3-4,13H2/t7-/m1/s1. The Hall–Kier alpha value is -0.710. The molecule has 2 nitrogen and oxygen atoms in total. The Morgan fingerprint density at radius 2 is 1.93 bits per heavy atom. The second kappa shape index (κ2) is 4.68. The molecule has 0 aliphatic carbocycles. The zero-order valence-electron chi connectivity index (χ0n) is 7.30. The van der Waals surface area contributed by atoms with Crippen LogP contribution in [0.25, 0.3) is 0 Å². The van der Waals surface area contributed by atoms with E-state index in [9.17, 15) is 8.78 Å². The summed E-state index contributed by atoms with van der Waals surface area (Å²) in [4.78, 5) is 0. The fourth-order valence-electron chi connectivity index (χ4n) is 1.17. The van der Waals surface area contributed by atoms with Crippen LogP contribution in [0.1, 0.15) is 18.0 Å². The number of rotatable bonds is 3. The Kier molecular flexibility index (Phi) is 3.80. The van der Waals surface area contributed by atoms with Gasteiger partial charge in [-0.1, -0.05) is 11.6 Å². The minimum Gasteiger partial charge on any atom is -0.396 e. The third kappa shape index (κ3) is 2.20. The van der Waals surface area contributed by atoms with E-state index in [2.05, 4.69) is 0 Å². The van der Waals surface area contributed by atoms with Crippen molar-refractivity contribution in [1.82, 2.24) is 0 Å². The first kappa shape index (κ1) is 11.4. The first-order valence-corrected chi connectivity index (χ1v) is 4.45. The molecular weight excluding hydrogens is 212 g/mol. The van der Waals surface area contributed by atoms with E-state index in [1.165, 1.54) is 0 Å². The lowest BCUT2D eigenvalue weighted by molar-refractivity contribution is 0.275. The molecule has 0 heterocycles. The van der Waals surface area contributed by atoms with Crippen LogP contribution in [0.3, 0.4) is 0 Å². The van der Waals surface area contributed by atoms with Gasteiger partial charge in [-0.15, -0.1) is 0 Å². The number of benzene rings is 1. The van der Waals surface area contributed by atoms with E-state index >= 15 is 0 Å². The predicted molar refractivity (Wildman–Crippen MR) is 50.0 cm³/mol. The highest BCUT2D eigenvalue weighted by Crippen LogP contribution is 2.28. The fraction of sp³-hybridized carbons (Fsp3) is 0.333. The summed E-state index contributed by atoms with van der Waals surface area (Å²) in [6, 6.07) is 1.11. The van der Waals surface area contributed by atoms with Crippen LogP contribution in [0.5, 0.6) is 0 Å². The summed E-state index contributed by atoms with van der Waals surface area (Å²) in [5.41, 5.74) is 5.44. The second-order valence-electron chi connectivity index (χ2n) is 2.88. The van der Waals surface area contributed by atoms with Crippen molar-refractivity contribution in [2.45, 2.75) is 12.5 Å². The summed E-state index contributed by atoms with van der Waals surface area (Å²) in [5.74, 6) is -1.37. The van der Waals surface area contributed by atoms with Crippen LogP contribution in [0.4, 0.5) is 8.78 Å². The molecule has 0 aliphatic rings. The Bertz CT molecular complexity index is 333. The first-order chi connectivity index (χ1) is 6.57. The van der Waals surface area contributed by atoms with E-state index < -0.39 is 17.7 Å². The lowest BCUT2D eigenvalue weighted by Crippen LogP contribution is -2.14. The van der Waals surface area contributed by atoms with Gasteiger partial charge >= 0.3 is 0 Å².